The van der Waals surface area contributed by atoms with Crippen molar-refractivity contribution in [3.8, 4) is 16.9 Å². The zero-order valence-corrected chi connectivity index (χ0v) is 32.3. The molecule has 1 aromatic heterocycles. The van der Waals surface area contributed by atoms with E-state index in [-0.39, 0.29) is 28.4 Å². The third-order valence-electron chi connectivity index (χ3n) is 10.1. The maximum absolute atomic E-state index is 13.1. The summed E-state index contributed by atoms with van der Waals surface area (Å²) in [6, 6.07) is 29.9. The number of hydrogen-bond acceptors (Lipinski definition) is 6. The first kappa shape index (κ1) is 39.0. The van der Waals surface area contributed by atoms with Crippen LogP contribution in [-0.2, 0) is 22.2 Å². The van der Waals surface area contributed by atoms with E-state index < -0.39 is 14.4 Å². The van der Waals surface area contributed by atoms with Crippen molar-refractivity contribution in [2.24, 2.45) is 0 Å². The van der Waals surface area contributed by atoms with E-state index in [0.717, 1.165) is 38.9 Å². The second-order valence-corrected chi connectivity index (χ2v) is 19.7. The van der Waals surface area contributed by atoms with Crippen molar-refractivity contribution in [2.45, 2.75) is 70.8 Å². The third-order valence-corrected chi connectivity index (χ3v) is 14.6. The van der Waals surface area contributed by atoms with Crippen molar-refractivity contribution < 1.29 is 24.2 Å². The van der Waals surface area contributed by atoms with E-state index in [2.05, 4.69) is 49.5 Å². The zero-order valence-electron chi connectivity index (χ0n) is 31.3. The summed E-state index contributed by atoms with van der Waals surface area (Å²) in [5.41, 5.74) is 6.04. The van der Waals surface area contributed by atoms with Gasteiger partial charge in [0, 0.05) is 49.3 Å². The number of carbonyl (C=O) groups is 2. The largest absolute Gasteiger partial charge is 0.506 e. The molecule has 0 bridgehead atoms. The summed E-state index contributed by atoms with van der Waals surface area (Å²) in [5, 5.41) is 26.7. The summed E-state index contributed by atoms with van der Waals surface area (Å²) >= 11 is 0. The maximum Gasteiger partial charge on any atom is 0.409 e. The van der Waals surface area contributed by atoms with E-state index in [1.54, 1.807) is 24.1 Å². The summed E-state index contributed by atoms with van der Waals surface area (Å²) in [7, 11) is -0.437. The average Bonchev–Trinajstić information content (AvgIpc) is 3.11. The predicted molar refractivity (Wildman–Crippen MR) is 215 cm³/mol. The van der Waals surface area contributed by atoms with Crippen molar-refractivity contribution in [1.29, 1.82) is 0 Å². The Kier molecular flexibility index (Phi) is 12.2. The van der Waals surface area contributed by atoms with Crippen molar-refractivity contribution in [1.82, 2.24) is 10.3 Å². The summed E-state index contributed by atoms with van der Waals surface area (Å²) in [4.78, 5) is 41.1. The van der Waals surface area contributed by atoms with Crippen molar-refractivity contribution in [3.63, 3.8) is 0 Å². The van der Waals surface area contributed by atoms with Crippen LogP contribution in [0.5, 0.6) is 5.75 Å². The van der Waals surface area contributed by atoms with Gasteiger partial charge in [-0.1, -0.05) is 81.4 Å². The number of aromatic amines is 1. The van der Waals surface area contributed by atoms with Crippen LogP contribution in [0, 0.1) is 0 Å². The molecule has 0 radical (unpaired) electrons. The monoisotopic (exact) mass is 734 g/mol. The van der Waals surface area contributed by atoms with Gasteiger partial charge >= 0.3 is 6.09 Å². The Bertz CT molecular complexity index is 2110. The first-order valence-electron chi connectivity index (χ1n) is 17.9. The second kappa shape index (κ2) is 16.6. The average molecular weight is 735 g/mol. The number of carbonyl (C=O) groups excluding carboxylic acids is 1. The van der Waals surface area contributed by atoms with Gasteiger partial charge in [-0.3, -0.25) is 14.9 Å². The first-order valence-corrected chi connectivity index (χ1v) is 20.8. The number of phenolic OH excluding ortho intramolecular Hbond substituents is 1. The highest BCUT2D eigenvalue weighted by atomic mass is 28.4. The molecule has 0 unspecified atom stereocenters. The molecule has 5 aromatic rings. The third kappa shape index (κ3) is 9.81. The van der Waals surface area contributed by atoms with Gasteiger partial charge < -0.3 is 29.8 Å². The number of rotatable bonds is 14. The maximum atomic E-state index is 13.1. The summed E-state index contributed by atoms with van der Waals surface area (Å²) < 4.78 is 6.92. The lowest BCUT2D eigenvalue weighted by Gasteiger charge is -2.39. The predicted octanol–water partition coefficient (Wildman–Crippen LogP) is 8.83. The van der Waals surface area contributed by atoms with Gasteiger partial charge in [0.05, 0.1) is 17.3 Å². The number of fused-ring (bicyclic) bond motifs is 1. The van der Waals surface area contributed by atoms with Crippen LogP contribution in [0.2, 0.25) is 18.1 Å². The SMILES string of the molecule is CN(C(=O)CCCc1ccc(-c2ccccc2)c(NC(=O)O)c1)c1ccc(CNC[C@@H](O[Si](C)(C)C(C)(C)C)c2ccc(O)c3[nH]c(=O)ccc23)cc1. The molecule has 5 N–H and O–H groups in total. The van der Waals surface area contributed by atoms with Gasteiger partial charge in [-0.2, -0.15) is 0 Å². The standard InChI is InChI=1S/C42H50N4O6Si/c1-42(2,3)53(5,6)52-37(33-21-23-36(47)40-34(33)22-24-38(48)45-40)27-43-26-29-15-18-31(19-16-29)46(4)39(49)14-10-11-28-17-20-32(30-12-8-7-9-13-30)35(25-28)44-41(50)51/h7-9,12-13,15-25,37,43-44,47H,10-11,14,26-27H2,1-6H3,(H,45,48)(H,50,51)/t37-/m1/s1. The minimum absolute atomic E-state index is 0.00578. The van der Waals surface area contributed by atoms with Crippen LogP contribution in [0.25, 0.3) is 22.0 Å². The van der Waals surface area contributed by atoms with Crippen LogP contribution < -0.4 is 21.1 Å². The number of anilines is 2. The molecule has 10 nitrogen and oxygen atoms in total. The van der Waals surface area contributed by atoms with Crippen LogP contribution in [0.1, 0.15) is 56.4 Å². The Morgan fingerprint density at radius 1 is 0.925 bits per heavy atom. The van der Waals surface area contributed by atoms with E-state index >= 15 is 0 Å². The van der Waals surface area contributed by atoms with Crippen LogP contribution >= 0.6 is 0 Å². The van der Waals surface area contributed by atoms with Gasteiger partial charge in [0.2, 0.25) is 11.5 Å². The topological polar surface area (TPSA) is 144 Å². The van der Waals surface area contributed by atoms with Gasteiger partial charge in [0.15, 0.2) is 8.32 Å². The number of H-pyrrole nitrogens is 1. The van der Waals surface area contributed by atoms with Gasteiger partial charge in [-0.05, 0) is 83.6 Å². The number of aromatic hydroxyl groups is 1. The molecule has 0 aliphatic carbocycles. The summed E-state index contributed by atoms with van der Waals surface area (Å²) in [6.07, 6.45) is 0.144. The quantitative estimate of drug-likeness (QED) is 0.0718. The minimum atomic E-state index is -2.21. The lowest BCUT2D eigenvalue weighted by atomic mass is 9.99. The highest BCUT2D eigenvalue weighted by molar-refractivity contribution is 6.74. The van der Waals surface area contributed by atoms with Crippen molar-refractivity contribution in [2.75, 3.05) is 23.8 Å². The molecule has 278 valence electrons. The molecule has 0 spiro atoms. The number of nitrogens with zero attached hydrogens (tertiary/aromatic N) is 1. The van der Waals surface area contributed by atoms with Crippen LogP contribution in [-0.4, -0.2) is 49.1 Å². The molecule has 0 saturated heterocycles. The fourth-order valence-corrected chi connectivity index (χ4v) is 7.34. The molecule has 11 heteroatoms. The number of aromatic nitrogens is 1. The first-order chi connectivity index (χ1) is 25.1. The Morgan fingerprint density at radius 3 is 2.30 bits per heavy atom. The smallest absolute Gasteiger partial charge is 0.409 e. The zero-order chi connectivity index (χ0) is 38.3. The number of carboxylic acid groups (broad SMARTS) is 1. The molecule has 0 aliphatic rings. The Labute approximate surface area is 312 Å². The van der Waals surface area contributed by atoms with Gasteiger partial charge in [-0.15, -0.1) is 0 Å². The number of hydrogen-bond donors (Lipinski definition) is 5. The number of aryl methyl sites for hydroxylation is 1. The molecule has 0 aliphatic heterocycles. The van der Waals surface area contributed by atoms with E-state index in [9.17, 15) is 24.6 Å². The second-order valence-electron chi connectivity index (χ2n) is 14.9. The number of amides is 2. The lowest BCUT2D eigenvalue weighted by molar-refractivity contribution is -0.118. The van der Waals surface area contributed by atoms with E-state index in [4.69, 9.17) is 4.43 Å². The van der Waals surface area contributed by atoms with E-state index in [0.29, 0.717) is 43.6 Å². The van der Waals surface area contributed by atoms with Crippen LogP contribution in [0.15, 0.2) is 102 Å². The molecule has 1 heterocycles. The normalized spacial score (nSPS) is 12.4. The minimum Gasteiger partial charge on any atom is -0.506 e. The number of benzene rings is 4. The molecule has 53 heavy (non-hydrogen) atoms. The molecule has 0 fully saturated rings. The van der Waals surface area contributed by atoms with Crippen molar-refractivity contribution in [3.05, 3.63) is 124 Å². The lowest BCUT2D eigenvalue weighted by Crippen LogP contribution is -2.43. The number of phenols is 1. The Morgan fingerprint density at radius 2 is 1.62 bits per heavy atom. The Hall–Kier alpha value is -5.23. The molecular weight excluding hydrogens is 685 g/mol. The van der Waals surface area contributed by atoms with Crippen LogP contribution in [0.3, 0.4) is 0 Å². The van der Waals surface area contributed by atoms with E-state index in [1.165, 1.54) is 6.07 Å². The summed E-state index contributed by atoms with van der Waals surface area (Å²) in [5.74, 6) is 0.00993. The highest BCUT2D eigenvalue weighted by Gasteiger charge is 2.39. The molecular formula is C42H50N4O6Si. The van der Waals surface area contributed by atoms with Gasteiger partial charge in [0.25, 0.3) is 0 Å². The van der Waals surface area contributed by atoms with Crippen molar-refractivity contribution >= 4 is 42.6 Å². The van der Waals surface area contributed by atoms with E-state index in [1.807, 2.05) is 78.9 Å². The summed E-state index contributed by atoms with van der Waals surface area (Å²) in [6.45, 7) is 12.1. The molecule has 5 rings (SSSR count). The van der Waals surface area contributed by atoms with Crippen LogP contribution in [0.4, 0.5) is 16.2 Å². The number of nitrogens with one attached hydrogen (secondary N) is 3. The molecule has 0 saturated carbocycles. The number of pyridine rings is 1. The molecule has 1 atom stereocenters. The molecule has 4 aromatic carbocycles. The Balaban J connectivity index is 1.19. The fourth-order valence-electron chi connectivity index (χ4n) is 6.06. The highest BCUT2D eigenvalue weighted by Crippen LogP contribution is 2.41. The van der Waals surface area contributed by atoms with Gasteiger partial charge in [-0.25, -0.2) is 4.79 Å². The molecule has 2 amide bonds. The van der Waals surface area contributed by atoms with Gasteiger partial charge in [0.1, 0.15) is 5.75 Å². The fraction of sp³-hybridized carbons (Fsp3) is 0.310.